The molecule has 0 unspecified atom stereocenters. The van der Waals surface area contributed by atoms with Gasteiger partial charge in [-0.1, -0.05) is 90.9 Å². The second-order valence-electron chi connectivity index (χ2n) is 6.55. The molecule has 0 aromatic rings. The Balaban J connectivity index is -0.00000242. The van der Waals surface area contributed by atoms with E-state index >= 15 is 0 Å². The summed E-state index contributed by atoms with van der Waals surface area (Å²) in [4.78, 5) is 23.2. The van der Waals surface area contributed by atoms with Crippen molar-refractivity contribution in [3.63, 3.8) is 0 Å². The van der Waals surface area contributed by atoms with Gasteiger partial charge in [-0.15, -0.1) is 0 Å². The Hall–Kier alpha value is 0.140. The van der Waals surface area contributed by atoms with Gasteiger partial charge in [-0.05, 0) is 12.8 Å². The Morgan fingerprint density at radius 1 is 0.667 bits per heavy atom. The number of Topliss-reactive ketones (excluding diaryl/α,β-unsaturated/α-hetero) is 1. The number of hydrogen-bond donors (Lipinski definition) is 0. The number of unbranched alkanes of at least 4 members (excludes halogenated alkanes) is 12. The van der Waals surface area contributed by atoms with Crippen molar-refractivity contribution < 1.29 is 45.3 Å². The zero-order valence-electron chi connectivity index (χ0n) is 17.5. The fourth-order valence-electron chi connectivity index (χ4n) is 2.65. The summed E-state index contributed by atoms with van der Waals surface area (Å²) in [5, 5.41) is 0. The summed E-state index contributed by atoms with van der Waals surface area (Å²) in [7, 11) is 0. The molecule has 0 heterocycles. The number of carbonyl (C=O) groups is 2. The second-order valence-corrected chi connectivity index (χ2v) is 6.55. The van der Waals surface area contributed by atoms with Crippen LogP contribution in [0.25, 0.3) is 0 Å². The van der Waals surface area contributed by atoms with Crippen LogP contribution in [-0.4, -0.2) is 18.4 Å². The maximum absolute atomic E-state index is 11.6. The molecular weight excluding hydrogens is 311 g/mol. The minimum Gasteiger partial charge on any atom is -1.00 e. The Kier molecular flexibility index (Phi) is 23.3. The monoisotopic (exact) mass is 350 g/mol. The maximum Gasteiger partial charge on any atom is 1.00 e. The quantitative estimate of drug-likeness (QED) is 0.175. The molecule has 0 spiro atoms. The summed E-state index contributed by atoms with van der Waals surface area (Å²) < 4.78 is 5.05. The summed E-state index contributed by atoms with van der Waals surface area (Å²) in [5.74, 6) is -0.969. The fraction of sp³-hybridized carbons (Fsp3) is 0.900. The zero-order chi connectivity index (χ0) is 17.2. The van der Waals surface area contributed by atoms with E-state index in [2.05, 4.69) is 13.8 Å². The third-order valence-corrected chi connectivity index (χ3v) is 4.22. The first-order valence-electron chi connectivity index (χ1n) is 9.92. The summed E-state index contributed by atoms with van der Waals surface area (Å²) in [6.45, 7) is 4.81. The van der Waals surface area contributed by atoms with Gasteiger partial charge in [0.1, 0.15) is 0 Å². The molecule has 0 rings (SSSR count). The molecule has 0 amide bonds. The van der Waals surface area contributed by atoms with Crippen LogP contribution in [0.1, 0.15) is 112 Å². The van der Waals surface area contributed by atoms with Crippen molar-refractivity contribution in [2.75, 3.05) is 6.61 Å². The van der Waals surface area contributed by atoms with Gasteiger partial charge in [0.05, 0.1) is 6.61 Å². The number of carbonyl (C=O) groups excluding carboxylic acids is 2. The molecule has 4 heteroatoms. The Morgan fingerprint density at radius 3 is 1.58 bits per heavy atom. The van der Waals surface area contributed by atoms with Crippen molar-refractivity contribution >= 4 is 11.8 Å². The molecule has 0 saturated heterocycles. The van der Waals surface area contributed by atoms with Crippen molar-refractivity contribution in [3.8, 4) is 0 Å². The van der Waals surface area contributed by atoms with Crippen molar-refractivity contribution in [2.45, 2.75) is 110 Å². The SMILES string of the molecule is CCCCCCCCCOC(=O)C(=O)CCCCCCCCC.[H-].[Na+]. The van der Waals surface area contributed by atoms with Crippen LogP contribution in [0.4, 0.5) is 0 Å². The van der Waals surface area contributed by atoms with Crippen LogP contribution >= 0.6 is 0 Å². The Labute approximate surface area is 173 Å². The van der Waals surface area contributed by atoms with Gasteiger partial charge in [0, 0.05) is 6.42 Å². The van der Waals surface area contributed by atoms with E-state index in [0.717, 1.165) is 25.7 Å². The van der Waals surface area contributed by atoms with Gasteiger partial charge in [-0.3, -0.25) is 4.79 Å². The number of ketones is 1. The van der Waals surface area contributed by atoms with E-state index in [0.29, 0.717) is 13.0 Å². The van der Waals surface area contributed by atoms with E-state index in [1.54, 1.807) is 0 Å². The molecule has 0 aliphatic rings. The molecule has 0 saturated carbocycles. The summed E-state index contributed by atoms with van der Waals surface area (Å²) in [6, 6.07) is 0. The molecule has 0 N–H and O–H groups in total. The first-order chi connectivity index (χ1) is 11.2. The van der Waals surface area contributed by atoms with Crippen LogP contribution in [0.15, 0.2) is 0 Å². The largest absolute Gasteiger partial charge is 1.00 e. The summed E-state index contributed by atoms with van der Waals surface area (Å²) in [6.07, 6.45) is 16.7. The maximum atomic E-state index is 11.6. The van der Waals surface area contributed by atoms with E-state index in [1.165, 1.54) is 64.2 Å². The number of ether oxygens (including phenoxy) is 1. The molecule has 138 valence electrons. The molecule has 0 bridgehead atoms. The number of esters is 1. The third kappa shape index (κ3) is 18.5. The van der Waals surface area contributed by atoms with Crippen LogP contribution in [0.2, 0.25) is 0 Å². The van der Waals surface area contributed by atoms with E-state index in [-0.39, 0.29) is 36.8 Å². The smallest absolute Gasteiger partial charge is 1.00 e. The Morgan fingerprint density at radius 2 is 1.08 bits per heavy atom. The topological polar surface area (TPSA) is 43.4 Å². The molecule has 0 aliphatic carbocycles. The molecule has 24 heavy (non-hydrogen) atoms. The van der Waals surface area contributed by atoms with Crippen molar-refractivity contribution in [2.24, 2.45) is 0 Å². The normalized spacial score (nSPS) is 10.2. The van der Waals surface area contributed by atoms with Crippen molar-refractivity contribution in [1.82, 2.24) is 0 Å². The molecular formula is C20H39NaO3. The van der Waals surface area contributed by atoms with Gasteiger partial charge < -0.3 is 6.16 Å². The molecule has 0 atom stereocenters. The molecule has 0 radical (unpaired) electrons. The van der Waals surface area contributed by atoms with Gasteiger partial charge in [-0.2, -0.15) is 0 Å². The van der Waals surface area contributed by atoms with Crippen LogP contribution in [0.3, 0.4) is 0 Å². The van der Waals surface area contributed by atoms with Gasteiger partial charge in [-0.25, -0.2) is 4.79 Å². The van der Waals surface area contributed by atoms with E-state index in [1.807, 2.05) is 0 Å². The van der Waals surface area contributed by atoms with Gasteiger partial charge in [0.25, 0.3) is 0 Å². The van der Waals surface area contributed by atoms with Crippen molar-refractivity contribution in [3.05, 3.63) is 0 Å². The molecule has 0 aromatic carbocycles. The standard InChI is InChI=1S/C20H38O3.Na.H/c1-3-5-7-9-11-13-15-17-19(21)20(22)23-18-16-14-12-10-8-6-4-2;;/h3-18H2,1-2H3;;/q;+1;-1. The fourth-order valence-corrected chi connectivity index (χ4v) is 2.65. The Bertz CT molecular complexity index is 299. The molecule has 0 aliphatic heterocycles. The second kappa shape index (κ2) is 21.2. The average Bonchev–Trinajstić information content (AvgIpc) is 2.56. The first-order valence-corrected chi connectivity index (χ1v) is 9.92. The van der Waals surface area contributed by atoms with Gasteiger partial charge in [0.15, 0.2) is 0 Å². The molecule has 3 nitrogen and oxygen atoms in total. The molecule has 0 aromatic heterocycles. The predicted molar refractivity (Wildman–Crippen MR) is 97.7 cm³/mol. The summed E-state index contributed by atoms with van der Waals surface area (Å²) in [5.41, 5.74) is 0. The zero-order valence-corrected chi connectivity index (χ0v) is 18.5. The third-order valence-electron chi connectivity index (χ3n) is 4.22. The minimum absolute atomic E-state index is 0. The number of hydrogen-bond acceptors (Lipinski definition) is 3. The predicted octanol–water partition coefficient (Wildman–Crippen LogP) is 3.11. The minimum atomic E-state index is -0.623. The van der Waals surface area contributed by atoms with Crippen LogP contribution in [-0.2, 0) is 14.3 Å². The summed E-state index contributed by atoms with van der Waals surface area (Å²) >= 11 is 0. The van der Waals surface area contributed by atoms with Gasteiger partial charge in [0.2, 0.25) is 5.78 Å². The van der Waals surface area contributed by atoms with Crippen molar-refractivity contribution in [1.29, 1.82) is 0 Å². The van der Waals surface area contributed by atoms with E-state index in [4.69, 9.17) is 4.74 Å². The van der Waals surface area contributed by atoms with E-state index < -0.39 is 5.97 Å². The van der Waals surface area contributed by atoms with Crippen LogP contribution in [0, 0.1) is 0 Å². The van der Waals surface area contributed by atoms with Gasteiger partial charge >= 0.3 is 35.5 Å². The van der Waals surface area contributed by atoms with E-state index in [9.17, 15) is 9.59 Å². The number of rotatable bonds is 17. The first kappa shape index (κ1) is 26.4. The van der Waals surface area contributed by atoms with Crippen LogP contribution < -0.4 is 29.6 Å². The molecule has 0 fully saturated rings. The average molecular weight is 351 g/mol. The van der Waals surface area contributed by atoms with Crippen LogP contribution in [0.5, 0.6) is 0 Å².